The zero-order valence-electron chi connectivity index (χ0n) is 12.7. The van der Waals surface area contributed by atoms with E-state index >= 15 is 0 Å². The highest BCUT2D eigenvalue weighted by atomic mass is 16.7. The third-order valence-corrected chi connectivity index (χ3v) is 3.83. The van der Waals surface area contributed by atoms with Crippen LogP contribution in [0.3, 0.4) is 0 Å². The zero-order chi connectivity index (χ0) is 15.4. The minimum atomic E-state index is -0.466. The predicted octanol–water partition coefficient (Wildman–Crippen LogP) is 2.35. The van der Waals surface area contributed by atoms with Crippen LogP contribution < -0.4 is 5.76 Å². The van der Waals surface area contributed by atoms with Crippen molar-refractivity contribution >= 4 is 0 Å². The molecule has 1 aromatic carbocycles. The van der Waals surface area contributed by atoms with Crippen molar-refractivity contribution in [1.82, 2.24) is 9.72 Å². The van der Waals surface area contributed by atoms with Crippen LogP contribution in [0, 0.1) is 6.92 Å². The van der Waals surface area contributed by atoms with Crippen molar-refractivity contribution in [3.63, 3.8) is 0 Å². The lowest BCUT2D eigenvalue weighted by atomic mass is 10.1. The van der Waals surface area contributed by atoms with Crippen molar-refractivity contribution in [1.29, 1.82) is 0 Å². The first kappa shape index (κ1) is 15.0. The molecule has 6 heteroatoms. The normalized spacial score (nSPS) is 18.5. The van der Waals surface area contributed by atoms with E-state index in [1.165, 1.54) is 4.57 Å². The second-order valence-electron chi connectivity index (χ2n) is 5.41. The van der Waals surface area contributed by atoms with E-state index in [0.29, 0.717) is 19.0 Å². The van der Waals surface area contributed by atoms with E-state index in [1.807, 2.05) is 31.2 Å². The first-order chi connectivity index (χ1) is 10.8. The summed E-state index contributed by atoms with van der Waals surface area (Å²) in [6.07, 6.45) is 2.95. The molecule has 2 heterocycles. The summed E-state index contributed by atoms with van der Waals surface area (Å²) in [6, 6.07) is 7.77. The number of benzene rings is 1. The van der Waals surface area contributed by atoms with E-state index in [1.54, 1.807) is 0 Å². The van der Waals surface area contributed by atoms with Gasteiger partial charge < -0.3 is 9.47 Å². The zero-order valence-corrected chi connectivity index (χ0v) is 12.7. The fourth-order valence-corrected chi connectivity index (χ4v) is 2.60. The van der Waals surface area contributed by atoms with Gasteiger partial charge in [0.15, 0.2) is 12.1 Å². The van der Waals surface area contributed by atoms with Gasteiger partial charge in [-0.1, -0.05) is 29.4 Å². The molecular formula is C16H20N2O4. The Hall–Kier alpha value is -1.92. The summed E-state index contributed by atoms with van der Waals surface area (Å²) in [6.45, 7) is 3.51. The number of ether oxygens (including phenoxy) is 2. The molecule has 1 aromatic heterocycles. The average molecular weight is 304 g/mol. The van der Waals surface area contributed by atoms with Gasteiger partial charge in [0.25, 0.3) is 0 Å². The van der Waals surface area contributed by atoms with Crippen molar-refractivity contribution in [2.45, 2.75) is 39.0 Å². The van der Waals surface area contributed by atoms with E-state index in [-0.39, 0.29) is 6.29 Å². The Balaban J connectivity index is 1.70. The summed E-state index contributed by atoms with van der Waals surface area (Å²) in [5.74, 6) is 0.0719. The summed E-state index contributed by atoms with van der Waals surface area (Å²) in [5, 5.41) is 3.90. The first-order valence-corrected chi connectivity index (χ1v) is 7.61. The van der Waals surface area contributed by atoms with Crippen molar-refractivity contribution in [2.24, 2.45) is 0 Å². The van der Waals surface area contributed by atoms with Gasteiger partial charge in [-0.3, -0.25) is 9.09 Å². The van der Waals surface area contributed by atoms with Gasteiger partial charge in [0, 0.05) is 12.2 Å². The minimum Gasteiger partial charge on any atom is -0.353 e. The van der Waals surface area contributed by atoms with E-state index < -0.39 is 5.76 Å². The van der Waals surface area contributed by atoms with Crippen LogP contribution in [0.4, 0.5) is 0 Å². The Morgan fingerprint density at radius 1 is 1.36 bits per heavy atom. The highest BCUT2D eigenvalue weighted by molar-refractivity contribution is 5.59. The highest BCUT2D eigenvalue weighted by Crippen LogP contribution is 2.20. The molecular weight excluding hydrogens is 284 g/mol. The summed E-state index contributed by atoms with van der Waals surface area (Å²) >= 11 is 0. The molecule has 1 atom stereocenters. The molecule has 1 aliphatic rings. The molecule has 0 radical (unpaired) electrons. The maximum atomic E-state index is 11.9. The van der Waals surface area contributed by atoms with Crippen molar-refractivity contribution in [2.75, 3.05) is 13.2 Å². The van der Waals surface area contributed by atoms with Gasteiger partial charge in [0.1, 0.15) is 0 Å². The molecule has 1 fully saturated rings. The van der Waals surface area contributed by atoms with Gasteiger partial charge in [0.05, 0.1) is 13.2 Å². The summed E-state index contributed by atoms with van der Waals surface area (Å²) in [7, 11) is 0. The van der Waals surface area contributed by atoms with Crippen molar-refractivity contribution in [3.05, 3.63) is 40.4 Å². The van der Waals surface area contributed by atoms with Gasteiger partial charge >= 0.3 is 5.76 Å². The van der Waals surface area contributed by atoms with Crippen LogP contribution in [-0.4, -0.2) is 29.2 Å². The van der Waals surface area contributed by atoms with E-state index in [4.69, 9.17) is 14.0 Å². The largest absolute Gasteiger partial charge is 0.441 e. The molecule has 0 unspecified atom stereocenters. The standard InChI is InChI=1S/C16H20N2O4/c1-12-6-2-3-7-13(12)15-17-22-16(19)18(15)9-11-21-14-8-4-5-10-20-14/h2-3,6-7,14H,4-5,8-11H2,1H3/t14-/m1/s1. The van der Waals surface area contributed by atoms with Crippen molar-refractivity contribution in [3.8, 4) is 11.4 Å². The molecule has 1 aliphatic heterocycles. The molecule has 1 saturated heterocycles. The quantitative estimate of drug-likeness (QED) is 0.848. The van der Waals surface area contributed by atoms with Gasteiger partial charge in [-0.15, -0.1) is 0 Å². The smallest absolute Gasteiger partial charge is 0.353 e. The fraction of sp³-hybridized carbons (Fsp3) is 0.500. The summed E-state index contributed by atoms with van der Waals surface area (Å²) in [4.78, 5) is 11.9. The molecule has 22 heavy (non-hydrogen) atoms. The number of aromatic nitrogens is 2. The van der Waals surface area contributed by atoms with Gasteiger partial charge in [0.2, 0.25) is 0 Å². The Kier molecular flexibility index (Phi) is 4.70. The first-order valence-electron chi connectivity index (χ1n) is 7.61. The molecule has 0 bridgehead atoms. The van der Waals surface area contributed by atoms with Gasteiger partial charge in [-0.2, -0.15) is 0 Å². The monoisotopic (exact) mass is 304 g/mol. The third kappa shape index (κ3) is 3.28. The van der Waals surface area contributed by atoms with E-state index in [2.05, 4.69) is 5.16 Å². The number of hydrogen-bond acceptors (Lipinski definition) is 5. The van der Waals surface area contributed by atoms with Crippen LogP contribution >= 0.6 is 0 Å². The molecule has 3 rings (SSSR count). The second kappa shape index (κ2) is 6.89. The van der Waals surface area contributed by atoms with E-state index in [9.17, 15) is 4.79 Å². The fourth-order valence-electron chi connectivity index (χ4n) is 2.60. The lowest BCUT2D eigenvalue weighted by molar-refractivity contribution is -0.163. The maximum Gasteiger partial charge on any atom is 0.441 e. The Morgan fingerprint density at radius 3 is 3.00 bits per heavy atom. The van der Waals surface area contributed by atoms with Crippen LogP contribution in [0.1, 0.15) is 24.8 Å². The molecule has 0 aliphatic carbocycles. The minimum absolute atomic E-state index is 0.161. The summed E-state index contributed by atoms with van der Waals surface area (Å²) < 4.78 is 17.5. The number of nitrogens with zero attached hydrogens (tertiary/aromatic N) is 2. The molecule has 0 spiro atoms. The molecule has 118 valence electrons. The van der Waals surface area contributed by atoms with Gasteiger partial charge in [-0.25, -0.2) is 4.79 Å². The molecule has 6 nitrogen and oxygen atoms in total. The Labute approximate surface area is 128 Å². The predicted molar refractivity (Wildman–Crippen MR) is 80.5 cm³/mol. The van der Waals surface area contributed by atoms with Crippen molar-refractivity contribution < 1.29 is 14.0 Å². The second-order valence-corrected chi connectivity index (χ2v) is 5.41. The number of rotatable bonds is 5. The highest BCUT2D eigenvalue weighted by Gasteiger charge is 2.17. The van der Waals surface area contributed by atoms with Crippen LogP contribution in [0.25, 0.3) is 11.4 Å². The number of aryl methyl sites for hydroxylation is 1. The van der Waals surface area contributed by atoms with Crippen LogP contribution in [0.15, 0.2) is 33.6 Å². The Bertz CT molecular complexity index is 671. The average Bonchev–Trinajstić information content (AvgIpc) is 2.90. The summed E-state index contributed by atoms with van der Waals surface area (Å²) in [5.41, 5.74) is 1.93. The topological polar surface area (TPSA) is 66.5 Å². The van der Waals surface area contributed by atoms with Crippen LogP contribution in [0.5, 0.6) is 0 Å². The number of hydrogen-bond donors (Lipinski definition) is 0. The molecule has 0 N–H and O–H groups in total. The molecule has 2 aromatic rings. The molecule has 0 amide bonds. The van der Waals surface area contributed by atoms with Crippen LogP contribution in [0.2, 0.25) is 0 Å². The van der Waals surface area contributed by atoms with Crippen LogP contribution in [-0.2, 0) is 16.0 Å². The Morgan fingerprint density at radius 2 is 2.23 bits per heavy atom. The lowest BCUT2D eigenvalue weighted by Gasteiger charge is -2.22. The van der Waals surface area contributed by atoms with Gasteiger partial charge in [-0.05, 0) is 31.7 Å². The van der Waals surface area contributed by atoms with E-state index in [0.717, 1.165) is 37.0 Å². The molecule has 0 saturated carbocycles. The maximum absolute atomic E-state index is 11.9. The third-order valence-electron chi connectivity index (χ3n) is 3.83. The lowest BCUT2D eigenvalue weighted by Crippen LogP contribution is -2.26. The SMILES string of the molecule is Cc1ccccc1-c1noc(=O)n1CCO[C@@H]1CCCCO1.